The average molecular weight is 342 g/mol. The highest BCUT2D eigenvalue weighted by Crippen LogP contribution is 2.45. The minimum Gasteiger partial charge on any atom is -0.375 e. The van der Waals surface area contributed by atoms with Crippen molar-refractivity contribution >= 4 is 17.5 Å². The van der Waals surface area contributed by atoms with Crippen molar-refractivity contribution in [2.24, 2.45) is 0 Å². The van der Waals surface area contributed by atoms with Crippen molar-refractivity contribution in [2.45, 2.75) is 44.2 Å². The van der Waals surface area contributed by atoms with Gasteiger partial charge >= 0.3 is 0 Å². The van der Waals surface area contributed by atoms with Crippen LogP contribution in [0.3, 0.4) is 0 Å². The van der Waals surface area contributed by atoms with E-state index in [1.54, 1.807) is 31.3 Å². The molecule has 0 saturated carbocycles. The Hall–Kier alpha value is -2.14. The van der Waals surface area contributed by atoms with Crippen LogP contribution in [0.15, 0.2) is 36.9 Å². The number of hydrogen-bond acceptors (Lipinski definition) is 3. The fraction of sp³-hybridized carbons (Fsp3) is 0.500. The summed E-state index contributed by atoms with van der Waals surface area (Å²) < 4.78 is 5.82. The molecule has 0 N–H and O–H groups in total. The molecule has 2 saturated heterocycles. The minimum absolute atomic E-state index is 0.0624. The highest BCUT2D eigenvalue weighted by Gasteiger charge is 2.52. The van der Waals surface area contributed by atoms with Crippen LogP contribution in [0.2, 0.25) is 0 Å². The molecule has 2 heterocycles. The number of carbonyl (C=O) groups is 2. The zero-order valence-electron chi connectivity index (χ0n) is 15.2. The second-order valence-corrected chi connectivity index (χ2v) is 7.61. The first kappa shape index (κ1) is 17.7. The van der Waals surface area contributed by atoms with Crippen molar-refractivity contribution in [2.75, 3.05) is 25.1 Å². The Labute approximate surface area is 149 Å². The normalized spacial score (nSPS) is 24.5. The van der Waals surface area contributed by atoms with Crippen LogP contribution < -0.4 is 4.90 Å². The number of ether oxygens (including phenoxy) is 1. The number of likely N-dealkylation sites (N-methyl/N-ethyl adjacent to an activating group) is 1. The Balaban J connectivity index is 1.75. The number of amides is 2. The predicted molar refractivity (Wildman–Crippen MR) is 97.7 cm³/mol. The molecule has 2 fully saturated rings. The molecule has 25 heavy (non-hydrogen) atoms. The molecule has 1 spiro atoms. The van der Waals surface area contributed by atoms with Crippen molar-refractivity contribution < 1.29 is 14.3 Å². The summed E-state index contributed by atoms with van der Waals surface area (Å²) in [5.41, 5.74) is 1.15. The molecule has 0 radical (unpaired) electrons. The molecule has 0 aromatic heterocycles. The molecule has 5 heteroatoms. The summed E-state index contributed by atoms with van der Waals surface area (Å²) in [5, 5.41) is 0. The van der Waals surface area contributed by atoms with Gasteiger partial charge < -0.3 is 14.5 Å². The van der Waals surface area contributed by atoms with Gasteiger partial charge in [-0.3, -0.25) is 9.59 Å². The Morgan fingerprint density at radius 2 is 1.92 bits per heavy atom. The van der Waals surface area contributed by atoms with E-state index in [0.29, 0.717) is 12.2 Å². The maximum atomic E-state index is 13.0. The topological polar surface area (TPSA) is 49.9 Å². The molecule has 1 atom stereocenters. The number of anilines is 1. The number of benzene rings is 1. The van der Waals surface area contributed by atoms with E-state index in [2.05, 4.69) is 20.4 Å². The lowest BCUT2D eigenvalue weighted by molar-refractivity contribution is -0.141. The number of nitrogens with zero attached hydrogens (tertiary/aromatic N) is 2. The van der Waals surface area contributed by atoms with Crippen molar-refractivity contribution in [3.63, 3.8) is 0 Å². The number of carbonyl (C=O) groups excluding carboxylic acids is 2. The summed E-state index contributed by atoms with van der Waals surface area (Å²) in [6.45, 7) is 9.18. The van der Waals surface area contributed by atoms with Crippen LogP contribution in [0.1, 0.15) is 43.5 Å². The van der Waals surface area contributed by atoms with Crippen LogP contribution in [0.4, 0.5) is 5.69 Å². The zero-order valence-corrected chi connectivity index (χ0v) is 15.2. The van der Waals surface area contributed by atoms with Gasteiger partial charge in [0, 0.05) is 37.0 Å². The number of hydrogen-bond donors (Lipinski definition) is 0. The molecule has 2 aliphatic heterocycles. The van der Waals surface area contributed by atoms with Crippen molar-refractivity contribution in [1.29, 1.82) is 0 Å². The van der Waals surface area contributed by atoms with Crippen LogP contribution in [-0.4, -0.2) is 48.1 Å². The van der Waals surface area contributed by atoms with Gasteiger partial charge in [-0.25, -0.2) is 0 Å². The third kappa shape index (κ3) is 3.21. The van der Waals surface area contributed by atoms with Gasteiger partial charge in [0.1, 0.15) is 0 Å². The van der Waals surface area contributed by atoms with E-state index in [1.165, 1.54) is 11.0 Å². The SMILES string of the molecule is C=CC(=O)N(C)c1ccc(C(=O)N2CCC23CCOC(C)(C)C3)cc1. The second-order valence-electron chi connectivity index (χ2n) is 7.61. The highest BCUT2D eigenvalue weighted by molar-refractivity contribution is 6.01. The Kier molecular flexibility index (Phi) is 4.45. The molecule has 1 aromatic rings. The molecule has 2 aliphatic rings. The molecular weight excluding hydrogens is 316 g/mol. The Morgan fingerprint density at radius 3 is 2.44 bits per heavy atom. The van der Waals surface area contributed by atoms with Crippen LogP contribution in [0.5, 0.6) is 0 Å². The van der Waals surface area contributed by atoms with Gasteiger partial charge in [-0.1, -0.05) is 6.58 Å². The maximum Gasteiger partial charge on any atom is 0.254 e. The maximum absolute atomic E-state index is 13.0. The monoisotopic (exact) mass is 342 g/mol. The molecule has 1 unspecified atom stereocenters. The lowest BCUT2D eigenvalue weighted by Gasteiger charge is -2.58. The minimum atomic E-state index is -0.186. The molecule has 134 valence electrons. The van der Waals surface area contributed by atoms with E-state index in [4.69, 9.17) is 4.74 Å². The second kappa shape index (κ2) is 6.30. The van der Waals surface area contributed by atoms with E-state index in [9.17, 15) is 9.59 Å². The van der Waals surface area contributed by atoms with E-state index in [0.717, 1.165) is 31.5 Å². The summed E-state index contributed by atoms with van der Waals surface area (Å²) in [7, 11) is 1.69. The molecular formula is C20H26N2O3. The summed E-state index contributed by atoms with van der Waals surface area (Å²) >= 11 is 0. The lowest BCUT2D eigenvalue weighted by atomic mass is 9.72. The first-order valence-electron chi connectivity index (χ1n) is 8.74. The van der Waals surface area contributed by atoms with Gasteiger partial charge in [0.05, 0.1) is 5.60 Å². The van der Waals surface area contributed by atoms with E-state index < -0.39 is 0 Å². The molecule has 3 rings (SSSR count). The smallest absolute Gasteiger partial charge is 0.254 e. The van der Waals surface area contributed by atoms with Gasteiger partial charge in [0.25, 0.3) is 5.91 Å². The molecule has 0 bridgehead atoms. The van der Waals surface area contributed by atoms with Gasteiger partial charge in [0.15, 0.2) is 0 Å². The van der Waals surface area contributed by atoms with Crippen LogP contribution in [0, 0.1) is 0 Å². The van der Waals surface area contributed by atoms with Gasteiger partial charge in [0.2, 0.25) is 5.91 Å². The average Bonchev–Trinajstić information content (AvgIpc) is 2.58. The summed E-state index contributed by atoms with van der Waals surface area (Å²) in [6.07, 6.45) is 4.09. The van der Waals surface area contributed by atoms with Crippen molar-refractivity contribution in [3.8, 4) is 0 Å². The van der Waals surface area contributed by atoms with Gasteiger partial charge in [-0.15, -0.1) is 0 Å². The fourth-order valence-corrected chi connectivity index (χ4v) is 4.00. The Bertz CT molecular complexity index is 695. The molecule has 0 aliphatic carbocycles. The lowest BCUT2D eigenvalue weighted by Crippen LogP contribution is -2.66. The third-order valence-electron chi connectivity index (χ3n) is 5.44. The molecule has 2 amide bonds. The first-order valence-corrected chi connectivity index (χ1v) is 8.74. The summed E-state index contributed by atoms with van der Waals surface area (Å²) in [5.74, 6) is -0.113. The van der Waals surface area contributed by atoms with E-state index >= 15 is 0 Å². The van der Waals surface area contributed by atoms with Crippen molar-refractivity contribution in [3.05, 3.63) is 42.5 Å². The van der Waals surface area contributed by atoms with Crippen LogP contribution >= 0.6 is 0 Å². The quantitative estimate of drug-likeness (QED) is 0.794. The summed E-state index contributed by atoms with van der Waals surface area (Å²) in [6, 6.07) is 7.19. The standard InChI is InChI=1S/C20H26N2O3/c1-5-17(23)21(4)16-8-6-15(7-9-16)18(24)22-12-10-20(22)11-13-25-19(2,3)14-20/h5-9H,1,10-14H2,2-4H3. The van der Waals surface area contributed by atoms with Crippen molar-refractivity contribution in [1.82, 2.24) is 4.90 Å². The fourth-order valence-electron chi connectivity index (χ4n) is 4.00. The molecule has 5 nitrogen and oxygen atoms in total. The van der Waals surface area contributed by atoms with Crippen LogP contribution in [-0.2, 0) is 9.53 Å². The Morgan fingerprint density at radius 1 is 1.24 bits per heavy atom. The third-order valence-corrected chi connectivity index (χ3v) is 5.44. The van der Waals surface area contributed by atoms with Crippen LogP contribution in [0.25, 0.3) is 0 Å². The predicted octanol–water partition coefficient (Wildman–Crippen LogP) is 3.01. The van der Waals surface area contributed by atoms with E-state index in [-0.39, 0.29) is 23.0 Å². The zero-order chi connectivity index (χ0) is 18.2. The number of likely N-dealkylation sites (tertiary alicyclic amines) is 1. The molecule has 1 aromatic carbocycles. The summed E-state index contributed by atoms with van der Waals surface area (Å²) in [4.78, 5) is 28.2. The number of rotatable bonds is 3. The van der Waals surface area contributed by atoms with Gasteiger partial charge in [-0.05, 0) is 63.5 Å². The highest BCUT2D eigenvalue weighted by atomic mass is 16.5. The largest absolute Gasteiger partial charge is 0.375 e. The van der Waals surface area contributed by atoms with Gasteiger partial charge in [-0.2, -0.15) is 0 Å². The first-order chi connectivity index (χ1) is 11.8. The van der Waals surface area contributed by atoms with E-state index in [1.807, 2.05) is 4.90 Å².